The lowest BCUT2D eigenvalue weighted by Crippen LogP contribution is -2.14. The van der Waals surface area contributed by atoms with E-state index < -0.39 is 0 Å². The molecular weight excluding hydrogens is 302 g/mol. The normalized spacial score (nSPS) is 11.0. The molecule has 0 radical (unpaired) electrons. The molecule has 0 bridgehead atoms. The summed E-state index contributed by atoms with van der Waals surface area (Å²) in [5, 5.41) is 7.86. The number of aromatic nitrogens is 4. The third-order valence-corrected chi connectivity index (χ3v) is 4.06. The SMILES string of the molecule is COc1c(CNCc2ccc(Cn3ccnc3)cc2)c(C)nn1C. The van der Waals surface area contributed by atoms with E-state index in [1.807, 2.05) is 26.5 Å². The first-order valence-corrected chi connectivity index (χ1v) is 7.98. The Kier molecular flexibility index (Phi) is 4.96. The van der Waals surface area contributed by atoms with Crippen molar-refractivity contribution in [2.45, 2.75) is 26.6 Å². The predicted molar refractivity (Wildman–Crippen MR) is 92.8 cm³/mol. The fourth-order valence-electron chi connectivity index (χ4n) is 2.83. The third-order valence-electron chi connectivity index (χ3n) is 4.06. The predicted octanol–water partition coefficient (Wildman–Crippen LogP) is 2.27. The zero-order valence-corrected chi connectivity index (χ0v) is 14.4. The number of nitrogens with one attached hydrogen (secondary N) is 1. The zero-order chi connectivity index (χ0) is 16.9. The zero-order valence-electron chi connectivity index (χ0n) is 14.4. The van der Waals surface area contributed by atoms with Crippen molar-refractivity contribution in [1.82, 2.24) is 24.6 Å². The van der Waals surface area contributed by atoms with Crippen molar-refractivity contribution in [1.29, 1.82) is 0 Å². The molecule has 126 valence electrons. The highest BCUT2D eigenvalue weighted by atomic mass is 16.5. The van der Waals surface area contributed by atoms with Gasteiger partial charge in [-0.05, 0) is 18.1 Å². The Labute approximate surface area is 142 Å². The first kappa shape index (κ1) is 16.3. The summed E-state index contributed by atoms with van der Waals surface area (Å²) in [7, 11) is 3.58. The molecule has 2 heterocycles. The maximum atomic E-state index is 5.42. The summed E-state index contributed by atoms with van der Waals surface area (Å²) in [4.78, 5) is 4.06. The van der Waals surface area contributed by atoms with Gasteiger partial charge >= 0.3 is 0 Å². The van der Waals surface area contributed by atoms with E-state index in [1.165, 1.54) is 11.1 Å². The number of benzene rings is 1. The minimum absolute atomic E-state index is 0.736. The fraction of sp³-hybridized carbons (Fsp3) is 0.333. The second kappa shape index (κ2) is 7.31. The number of nitrogens with zero attached hydrogens (tertiary/aromatic N) is 4. The van der Waals surface area contributed by atoms with Gasteiger partial charge in [0.05, 0.1) is 24.7 Å². The Bertz CT molecular complexity index is 775. The van der Waals surface area contributed by atoms with Crippen LogP contribution in [-0.4, -0.2) is 26.4 Å². The highest BCUT2D eigenvalue weighted by molar-refractivity contribution is 5.31. The summed E-state index contributed by atoms with van der Waals surface area (Å²) in [6, 6.07) is 8.64. The molecule has 2 aromatic heterocycles. The van der Waals surface area contributed by atoms with Gasteiger partial charge in [0.25, 0.3) is 0 Å². The third kappa shape index (κ3) is 3.65. The van der Waals surface area contributed by atoms with Crippen LogP contribution in [-0.2, 0) is 26.7 Å². The minimum Gasteiger partial charge on any atom is -0.481 e. The maximum absolute atomic E-state index is 5.42. The Morgan fingerprint density at radius 1 is 1.12 bits per heavy atom. The Balaban J connectivity index is 1.55. The molecule has 6 heteroatoms. The summed E-state index contributed by atoms with van der Waals surface area (Å²) in [6.07, 6.45) is 5.60. The number of hydrogen-bond acceptors (Lipinski definition) is 4. The minimum atomic E-state index is 0.736. The summed E-state index contributed by atoms with van der Waals surface area (Å²) >= 11 is 0. The topological polar surface area (TPSA) is 56.9 Å². The Hall–Kier alpha value is -2.60. The van der Waals surface area contributed by atoms with Crippen LogP contribution in [0.5, 0.6) is 5.88 Å². The van der Waals surface area contributed by atoms with Crippen LogP contribution in [0.1, 0.15) is 22.4 Å². The molecule has 0 amide bonds. The molecular formula is C18H23N5O. The number of ether oxygens (including phenoxy) is 1. The molecule has 3 aromatic rings. The van der Waals surface area contributed by atoms with Crippen molar-refractivity contribution in [2.24, 2.45) is 7.05 Å². The molecule has 24 heavy (non-hydrogen) atoms. The van der Waals surface area contributed by atoms with Gasteiger partial charge in [-0.1, -0.05) is 24.3 Å². The van der Waals surface area contributed by atoms with Crippen molar-refractivity contribution in [3.8, 4) is 5.88 Å². The van der Waals surface area contributed by atoms with Crippen molar-refractivity contribution >= 4 is 0 Å². The molecule has 0 aliphatic rings. The van der Waals surface area contributed by atoms with Crippen LogP contribution in [0.3, 0.4) is 0 Å². The molecule has 0 fully saturated rings. The van der Waals surface area contributed by atoms with Crippen molar-refractivity contribution in [2.75, 3.05) is 7.11 Å². The van der Waals surface area contributed by atoms with Crippen LogP contribution in [0.25, 0.3) is 0 Å². The van der Waals surface area contributed by atoms with Crippen LogP contribution in [0.4, 0.5) is 0 Å². The van der Waals surface area contributed by atoms with Gasteiger partial charge in [-0.25, -0.2) is 9.67 Å². The monoisotopic (exact) mass is 325 g/mol. The molecule has 3 rings (SSSR count). The van der Waals surface area contributed by atoms with Gasteiger partial charge in [-0.15, -0.1) is 0 Å². The smallest absolute Gasteiger partial charge is 0.216 e. The molecule has 1 aromatic carbocycles. The van der Waals surface area contributed by atoms with E-state index in [1.54, 1.807) is 18.0 Å². The van der Waals surface area contributed by atoms with Crippen LogP contribution in [0, 0.1) is 6.92 Å². The second-order valence-electron chi connectivity index (χ2n) is 5.85. The van der Waals surface area contributed by atoms with E-state index in [-0.39, 0.29) is 0 Å². The van der Waals surface area contributed by atoms with Crippen molar-refractivity contribution in [3.05, 3.63) is 65.4 Å². The number of methoxy groups -OCH3 is 1. The van der Waals surface area contributed by atoms with E-state index in [0.29, 0.717) is 0 Å². The Morgan fingerprint density at radius 2 is 1.88 bits per heavy atom. The average Bonchev–Trinajstić information content (AvgIpc) is 3.17. The standard InChI is InChI=1S/C18H23N5O/c1-14-17(18(24-3)22(2)21-14)11-20-10-15-4-6-16(7-5-15)12-23-9-8-19-13-23/h4-9,13,20H,10-12H2,1-3H3. The van der Waals surface area contributed by atoms with E-state index in [0.717, 1.165) is 36.8 Å². The molecule has 1 N–H and O–H groups in total. The summed E-state index contributed by atoms with van der Waals surface area (Å²) in [6.45, 7) is 4.40. The molecule has 0 aliphatic carbocycles. The lowest BCUT2D eigenvalue weighted by Gasteiger charge is -2.08. The molecule has 0 saturated heterocycles. The molecule has 6 nitrogen and oxygen atoms in total. The second-order valence-corrected chi connectivity index (χ2v) is 5.85. The van der Waals surface area contributed by atoms with Gasteiger partial charge in [0.1, 0.15) is 0 Å². The highest BCUT2D eigenvalue weighted by Gasteiger charge is 2.12. The quantitative estimate of drug-likeness (QED) is 0.724. The molecule has 0 saturated carbocycles. The van der Waals surface area contributed by atoms with Gasteiger partial charge < -0.3 is 14.6 Å². The lowest BCUT2D eigenvalue weighted by molar-refractivity contribution is 0.368. The van der Waals surface area contributed by atoms with E-state index >= 15 is 0 Å². The maximum Gasteiger partial charge on any atom is 0.216 e. The summed E-state index contributed by atoms with van der Waals surface area (Å²) in [5.74, 6) is 0.815. The van der Waals surface area contributed by atoms with Crippen molar-refractivity contribution < 1.29 is 4.74 Å². The van der Waals surface area contributed by atoms with Gasteiger partial charge in [-0.2, -0.15) is 5.10 Å². The van der Waals surface area contributed by atoms with Crippen LogP contribution < -0.4 is 10.1 Å². The Morgan fingerprint density at radius 3 is 2.54 bits per heavy atom. The van der Waals surface area contributed by atoms with E-state index in [2.05, 4.69) is 44.2 Å². The van der Waals surface area contributed by atoms with Crippen LogP contribution >= 0.6 is 0 Å². The van der Waals surface area contributed by atoms with Crippen LogP contribution in [0.2, 0.25) is 0 Å². The summed E-state index contributed by atoms with van der Waals surface area (Å²) < 4.78 is 9.25. The fourth-order valence-corrected chi connectivity index (χ4v) is 2.83. The van der Waals surface area contributed by atoms with E-state index in [4.69, 9.17) is 4.74 Å². The van der Waals surface area contributed by atoms with Crippen LogP contribution in [0.15, 0.2) is 43.0 Å². The average molecular weight is 325 g/mol. The largest absolute Gasteiger partial charge is 0.481 e. The van der Waals surface area contributed by atoms with E-state index in [9.17, 15) is 0 Å². The number of rotatable bonds is 7. The molecule has 0 atom stereocenters. The molecule has 0 unspecified atom stereocenters. The first-order chi connectivity index (χ1) is 11.7. The van der Waals surface area contributed by atoms with Crippen molar-refractivity contribution in [3.63, 3.8) is 0 Å². The number of imidazole rings is 1. The number of hydrogen-bond donors (Lipinski definition) is 1. The summed E-state index contributed by atoms with van der Waals surface area (Å²) in [5.41, 5.74) is 4.63. The highest BCUT2D eigenvalue weighted by Crippen LogP contribution is 2.20. The molecule has 0 spiro atoms. The lowest BCUT2D eigenvalue weighted by atomic mass is 10.1. The molecule has 0 aliphatic heterocycles. The van der Waals surface area contributed by atoms with Gasteiger partial charge in [0, 0.05) is 39.1 Å². The van der Waals surface area contributed by atoms with Gasteiger partial charge in [0.2, 0.25) is 5.88 Å². The number of aryl methyl sites for hydroxylation is 2. The first-order valence-electron chi connectivity index (χ1n) is 7.98. The van der Waals surface area contributed by atoms with Gasteiger partial charge in [0.15, 0.2) is 0 Å². The van der Waals surface area contributed by atoms with Gasteiger partial charge in [-0.3, -0.25) is 0 Å².